The smallest absolute Gasteiger partial charge is 0.387 e. The van der Waals surface area contributed by atoms with Crippen molar-refractivity contribution < 1.29 is 31.4 Å². The maximum Gasteiger partial charge on any atom is 0.416 e. The van der Waals surface area contributed by atoms with Crippen LogP contribution in [-0.2, 0) is 12.4 Å². The molecule has 0 aliphatic rings. The van der Waals surface area contributed by atoms with Gasteiger partial charge in [-0.05, 0) is 17.7 Å². The van der Waals surface area contributed by atoms with Crippen molar-refractivity contribution in [2.45, 2.75) is 18.5 Å². The van der Waals surface area contributed by atoms with Gasteiger partial charge in [0.2, 0.25) is 0 Å². The summed E-state index contributed by atoms with van der Waals surface area (Å²) in [4.78, 5) is 0. The fourth-order valence-corrected chi connectivity index (χ4v) is 1.40. The van der Waals surface area contributed by atoms with Crippen molar-refractivity contribution in [2.24, 2.45) is 5.73 Å². The summed E-state index contributed by atoms with van der Waals surface area (Å²) in [5, 5.41) is 9.26. The molecule has 0 heterocycles. The van der Waals surface area contributed by atoms with Crippen LogP contribution in [0.5, 0.6) is 0 Å². The summed E-state index contributed by atoms with van der Waals surface area (Å²) < 4.78 is 74.7. The average molecular weight is 310 g/mol. The van der Waals surface area contributed by atoms with Crippen molar-refractivity contribution >= 4 is 12.4 Å². The Labute approximate surface area is 110 Å². The number of nitrogens with two attached hydrogens (primary N) is 1. The Morgan fingerprint density at radius 3 is 1.95 bits per heavy atom. The van der Waals surface area contributed by atoms with E-state index in [9.17, 15) is 31.4 Å². The molecule has 9 heteroatoms. The first-order valence-electron chi connectivity index (χ1n) is 4.74. The fraction of sp³-hybridized carbons (Fsp3) is 0.400. The van der Waals surface area contributed by atoms with Gasteiger partial charge in [0, 0.05) is 6.54 Å². The highest BCUT2D eigenvalue weighted by molar-refractivity contribution is 5.85. The molecular weight excluding hydrogens is 300 g/mol. The summed E-state index contributed by atoms with van der Waals surface area (Å²) in [7, 11) is 0. The number of aliphatic hydroxyl groups excluding tert-OH is 1. The van der Waals surface area contributed by atoms with Gasteiger partial charge in [-0.15, -0.1) is 12.4 Å². The van der Waals surface area contributed by atoms with Crippen molar-refractivity contribution in [3.63, 3.8) is 0 Å². The lowest BCUT2D eigenvalue weighted by Gasteiger charge is -2.18. The Balaban J connectivity index is 0.00000324. The van der Waals surface area contributed by atoms with Crippen molar-refractivity contribution in [1.82, 2.24) is 0 Å². The van der Waals surface area contributed by atoms with Gasteiger partial charge in [0.25, 0.3) is 0 Å². The Hall–Kier alpha value is -0.990. The van der Waals surface area contributed by atoms with E-state index < -0.39 is 41.7 Å². The second kappa shape index (κ2) is 5.98. The van der Waals surface area contributed by atoms with Gasteiger partial charge in [-0.2, -0.15) is 26.3 Å². The summed E-state index contributed by atoms with van der Waals surface area (Å²) in [5.74, 6) is 0. The lowest BCUT2D eigenvalue weighted by Crippen LogP contribution is -2.19. The molecule has 0 bridgehead atoms. The predicted octanol–water partition coefficient (Wildman–Crippen LogP) is 3.14. The molecule has 0 aliphatic carbocycles. The largest absolute Gasteiger partial charge is 0.416 e. The second-order valence-electron chi connectivity index (χ2n) is 3.55. The molecule has 1 aromatic rings. The number of alkyl halides is 6. The van der Waals surface area contributed by atoms with E-state index in [2.05, 4.69) is 0 Å². The van der Waals surface area contributed by atoms with Crippen LogP contribution in [0.1, 0.15) is 22.8 Å². The minimum absolute atomic E-state index is 0. The Morgan fingerprint density at radius 2 is 1.58 bits per heavy atom. The SMILES string of the molecule is Cl.NCC(O)c1ccc(C(F)(F)F)cc1C(F)(F)F. The molecule has 1 unspecified atom stereocenters. The maximum atomic E-state index is 12.6. The molecule has 0 saturated heterocycles. The first kappa shape index (κ1) is 18.0. The molecule has 110 valence electrons. The van der Waals surface area contributed by atoms with Gasteiger partial charge in [0.15, 0.2) is 0 Å². The van der Waals surface area contributed by atoms with Gasteiger partial charge in [0.05, 0.1) is 17.2 Å². The number of benzene rings is 1. The van der Waals surface area contributed by atoms with Gasteiger partial charge in [0.1, 0.15) is 0 Å². The van der Waals surface area contributed by atoms with Crippen LogP contribution in [0.2, 0.25) is 0 Å². The second-order valence-corrected chi connectivity index (χ2v) is 3.55. The number of hydrogen-bond acceptors (Lipinski definition) is 2. The van der Waals surface area contributed by atoms with Gasteiger partial charge in [-0.1, -0.05) is 6.07 Å². The van der Waals surface area contributed by atoms with Crippen LogP contribution in [0, 0.1) is 0 Å². The Bertz CT molecular complexity index is 431. The zero-order valence-electron chi connectivity index (χ0n) is 9.22. The summed E-state index contributed by atoms with van der Waals surface area (Å²) in [5.41, 5.74) is 1.37. The zero-order valence-corrected chi connectivity index (χ0v) is 10.0. The highest BCUT2D eigenvalue weighted by atomic mass is 35.5. The Kier molecular flexibility index (Phi) is 5.66. The summed E-state index contributed by atoms with van der Waals surface area (Å²) in [6.45, 7) is -0.519. The summed E-state index contributed by atoms with van der Waals surface area (Å²) in [6.07, 6.45) is -11.5. The normalized spacial score (nSPS) is 13.9. The van der Waals surface area contributed by atoms with E-state index in [0.29, 0.717) is 12.1 Å². The third-order valence-electron chi connectivity index (χ3n) is 2.27. The molecule has 19 heavy (non-hydrogen) atoms. The lowest BCUT2D eigenvalue weighted by atomic mass is 9.99. The van der Waals surface area contributed by atoms with Crippen LogP contribution in [-0.4, -0.2) is 11.7 Å². The van der Waals surface area contributed by atoms with E-state index in [1.807, 2.05) is 0 Å². The molecule has 0 saturated carbocycles. The quantitative estimate of drug-likeness (QED) is 0.825. The summed E-state index contributed by atoms with van der Waals surface area (Å²) >= 11 is 0. The lowest BCUT2D eigenvalue weighted by molar-refractivity contribution is -0.144. The number of aliphatic hydroxyl groups is 1. The zero-order chi connectivity index (χ0) is 14.1. The van der Waals surface area contributed by atoms with Crippen LogP contribution in [0.15, 0.2) is 18.2 Å². The maximum absolute atomic E-state index is 12.6. The first-order chi connectivity index (χ1) is 8.07. The van der Waals surface area contributed by atoms with E-state index in [0.717, 1.165) is 0 Å². The third kappa shape index (κ3) is 4.26. The van der Waals surface area contributed by atoms with Crippen LogP contribution >= 0.6 is 12.4 Å². The first-order valence-corrected chi connectivity index (χ1v) is 4.74. The molecule has 0 radical (unpaired) electrons. The molecule has 0 amide bonds. The molecule has 0 spiro atoms. The van der Waals surface area contributed by atoms with Crippen molar-refractivity contribution in [2.75, 3.05) is 6.54 Å². The summed E-state index contributed by atoms with van der Waals surface area (Å²) in [6, 6.07) is 1.03. The standard InChI is InChI=1S/C10H9F6NO.ClH/c11-9(12,13)5-1-2-6(8(18)4-17)7(3-5)10(14,15)16;/h1-3,8,18H,4,17H2;1H. The number of halogens is 7. The highest BCUT2D eigenvalue weighted by Crippen LogP contribution is 2.38. The number of rotatable bonds is 2. The highest BCUT2D eigenvalue weighted by Gasteiger charge is 2.38. The van der Waals surface area contributed by atoms with Crippen molar-refractivity contribution in [3.8, 4) is 0 Å². The fourth-order valence-electron chi connectivity index (χ4n) is 1.40. The van der Waals surface area contributed by atoms with Crippen LogP contribution in [0.25, 0.3) is 0 Å². The topological polar surface area (TPSA) is 46.2 Å². The molecular formula is C10H10ClF6NO. The predicted molar refractivity (Wildman–Crippen MR) is 57.7 cm³/mol. The minimum atomic E-state index is -4.99. The van der Waals surface area contributed by atoms with E-state index >= 15 is 0 Å². The molecule has 1 aromatic carbocycles. The third-order valence-corrected chi connectivity index (χ3v) is 2.27. The van der Waals surface area contributed by atoms with E-state index in [-0.39, 0.29) is 18.5 Å². The van der Waals surface area contributed by atoms with E-state index in [4.69, 9.17) is 5.73 Å². The average Bonchev–Trinajstić information content (AvgIpc) is 2.24. The molecule has 0 aromatic heterocycles. The van der Waals surface area contributed by atoms with E-state index in [1.54, 1.807) is 0 Å². The van der Waals surface area contributed by atoms with Crippen LogP contribution < -0.4 is 5.73 Å². The molecule has 0 fully saturated rings. The van der Waals surface area contributed by atoms with Crippen molar-refractivity contribution in [1.29, 1.82) is 0 Å². The molecule has 3 N–H and O–H groups in total. The van der Waals surface area contributed by atoms with E-state index in [1.165, 1.54) is 0 Å². The number of hydrogen-bond donors (Lipinski definition) is 2. The van der Waals surface area contributed by atoms with Crippen molar-refractivity contribution in [3.05, 3.63) is 34.9 Å². The van der Waals surface area contributed by atoms with Gasteiger partial charge in [-0.3, -0.25) is 0 Å². The van der Waals surface area contributed by atoms with Gasteiger partial charge >= 0.3 is 12.4 Å². The van der Waals surface area contributed by atoms with Crippen LogP contribution in [0.3, 0.4) is 0 Å². The Morgan fingerprint density at radius 1 is 1.05 bits per heavy atom. The molecule has 0 aliphatic heterocycles. The minimum Gasteiger partial charge on any atom is -0.387 e. The van der Waals surface area contributed by atoms with Gasteiger partial charge < -0.3 is 10.8 Å². The van der Waals surface area contributed by atoms with Gasteiger partial charge in [-0.25, -0.2) is 0 Å². The monoisotopic (exact) mass is 309 g/mol. The molecule has 1 rings (SSSR count). The molecule has 1 atom stereocenters. The van der Waals surface area contributed by atoms with Crippen LogP contribution in [0.4, 0.5) is 26.3 Å². The molecule has 2 nitrogen and oxygen atoms in total.